The number of carbonyl (C=O) groups excluding carboxylic acids is 2. The van der Waals surface area contributed by atoms with Crippen LogP contribution in [0.4, 0.5) is 4.39 Å². The van der Waals surface area contributed by atoms with Crippen molar-refractivity contribution >= 4 is 17.8 Å². The molecule has 1 aromatic carbocycles. The molecule has 8 heteroatoms. The third kappa shape index (κ3) is 3.04. The smallest absolute Gasteiger partial charge is 0.343 e. The van der Waals surface area contributed by atoms with Crippen molar-refractivity contribution in [2.24, 2.45) is 0 Å². The van der Waals surface area contributed by atoms with Crippen LogP contribution in [-0.2, 0) is 22.6 Å². The maximum Gasteiger partial charge on any atom is 0.343 e. The number of amides is 2. The van der Waals surface area contributed by atoms with Gasteiger partial charge >= 0.3 is 5.97 Å². The first-order valence-electron chi connectivity index (χ1n) is 9.01. The van der Waals surface area contributed by atoms with Gasteiger partial charge in [-0.25, -0.2) is 9.18 Å². The number of furan rings is 1. The molecule has 2 aromatic rings. The summed E-state index contributed by atoms with van der Waals surface area (Å²) in [6.45, 7) is -0.287. The van der Waals surface area contributed by atoms with Crippen molar-refractivity contribution in [2.45, 2.75) is 31.1 Å². The van der Waals surface area contributed by atoms with E-state index in [1.165, 1.54) is 22.1 Å². The summed E-state index contributed by atoms with van der Waals surface area (Å²) in [5, 5.41) is 9.09. The Bertz CT molecular complexity index is 928. The van der Waals surface area contributed by atoms with Crippen molar-refractivity contribution in [3.05, 3.63) is 59.5 Å². The lowest BCUT2D eigenvalue weighted by molar-refractivity contribution is -0.150. The second kappa shape index (κ2) is 6.78. The Labute approximate surface area is 160 Å². The minimum Gasteiger partial charge on any atom is -0.479 e. The summed E-state index contributed by atoms with van der Waals surface area (Å²) in [5.74, 6) is -2.33. The Balaban J connectivity index is 1.63. The maximum absolute atomic E-state index is 14.4. The molecular weight excluding hydrogens is 367 g/mol. The predicted molar refractivity (Wildman–Crippen MR) is 95.2 cm³/mol. The Morgan fingerprint density at radius 3 is 2.54 bits per heavy atom. The van der Waals surface area contributed by atoms with Crippen LogP contribution in [0.1, 0.15) is 28.1 Å². The average molecular weight is 386 g/mol. The number of rotatable bonds is 3. The lowest BCUT2D eigenvalue weighted by Gasteiger charge is -2.37. The first-order chi connectivity index (χ1) is 13.4. The van der Waals surface area contributed by atoms with E-state index in [9.17, 15) is 18.8 Å². The van der Waals surface area contributed by atoms with Crippen LogP contribution in [-0.4, -0.2) is 57.5 Å². The van der Waals surface area contributed by atoms with Gasteiger partial charge in [-0.1, -0.05) is 24.3 Å². The highest BCUT2D eigenvalue weighted by Crippen LogP contribution is 2.30. The standard InChI is InChI=1S/C20H19FN2O5/c21-20(19(26)27)7-8-22(12-20)17(24)15-10-13-4-1-2-5-14(13)11-23(15)18(25)16-6-3-9-28-16/h1-6,9,15H,7-8,10-12H2,(H,26,27). The molecule has 2 atom stereocenters. The fourth-order valence-electron chi connectivity index (χ4n) is 3.85. The molecule has 1 fully saturated rings. The molecule has 2 aliphatic heterocycles. The molecule has 4 rings (SSSR count). The highest BCUT2D eigenvalue weighted by atomic mass is 19.1. The van der Waals surface area contributed by atoms with Crippen LogP contribution in [0.3, 0.4) is 0 Å². The number of halogens is 1. The van der Waals surface area contributed by atoms with Crippen LogP contribution in [0, 0.1) is 0 Å². The number of alkyl halides is 1. The van der Waals surface area contributed by atoms with E-state index < -0.39 is 36.0 Å². The van der Waals surface area contributed by atoms with Crippen molar-refractivity contribution in [1.29, 1.82) is 0 Å². The van der Waals surface area contributed by atoms with Crippen molar-refractivity contribution in [3.8, 4) is 0 Å². The predicted octanol–water partition coefficient (Wildman–Crippen LogP) is 1.87. The minimum atomic E-state index is -2.45. The molecule has 0 aliphatic carbocycles. The maximum atomic E-state index is 14.4. The van der Waals surface area contributed by atoms with Gasteiger partial charge in [0.25, 0.3) is 5.91 Å². The monoisotopic (exact) mass is 386 g/mol. The van der Waals surface area contributed by atoms with E-state index in [0.29, 0.717) is 0 Å². The SMILES string of the molecule is O=C(C1Cc2ccccc2CN1C(=O)c1ccco1)N1CCC(F)(C(=O)O)C1. The number of carboxylic acid groups (broad SMARTS) is 1. The van der Waals surface area contributed by atoms with Crippen molar-refractivity contribution in [2.75, 3.05) is 13.1 Å². The topological polar surface area (TPSA) is 91.1 Å². The molecule has 2 aliphatic rings. The molecule has 0 saturated carbocycles. The summed E-state index contributed by atoms with van der Waals surface area (Å²) in [5.41, 5.74) is -0.579. The Kier molecular flexibility index (Phi) is 4.41. The van der Waals surface area contributed by atoms with Crippen LogP contribution in [0.5, 0.6) is 0 Å². The molecule has 0 radical (unpaired) electrons. The van der Waals surface area contributed by atoms with Crippen LogP contribution in [0.25, 0.3) is 0 Å². The Morgan fingerprint density at radius 1 is 1.14 bits per heavy atom. The average Bonchev–Trinajstić information content (AvgIpc) is 3.36. The van der Waals surface area contributed by atoms with Crippen LogP contribution in [0.15, 0.2) is 47.1 Å². The quantitative estimate of drug-likeness (QED) is 0.870. The van der Waals surface area contributed by atoms with Crippen molar-refractivity contribution < 1.29 is 28.3 Å². The minimum absolute atomic E-state index is 0.00254. The van der Waals surface area contributed by atoms with E-state index in [0.717, 1.165) is 11.1 Å². The zero-order valence-electron chi connectivity index (χ0n) is 15.0. The van der Waals surface area contributed by atoms with Gasteiger partial charge in [-0.15, -0.1) is 0 Å². The lowest BCUT2D eigenvalue weighted by Crippen LogP contribution is -2.54. The molecule has 2 amide bonds. The summed E-state index contributed by atoms with van der Waals surface area (Å²) in [7, 11) is 0. The molecule has 0 bridgehead atoms. The van der Waals surface area contributed by atoms with Crippen LogP contribution >= 0.6 is 0 Å². The molecule has 0 spiro atoms. The highest BCUT2D eigenvalue weighted by molar-refractivity contribution is 5.96. The van der Waals surface area contributed by atoms with Crippen LogP contribution in [0.2, 0.25) is 0 Å². The number of fused-ring (bicyclic) bond motifs is 1. The highest BCUT2D eigenvalue weighted by Gasteiger charge is 2.49. The number of hydrogen-bond acceptors (Lipinski definition) is 4. The van der Waals surface area contributed by atoms with Gasteiger partial charge in [0.2, 0.25) is 11.6 Å². The number of aliphatic carboxylic acids is 1. The summed E-state index contributed by atoms with van der Waals surface area (Å²) in [6.07, 6.45) is 1.40. The molecule has 146 valence electrons. The molecule has 7 nitrogen and oxygen atoms in total. The second-order valence-electron chi connectivity index (χ2n) is 7.18. The zero-order valence-corrected chi connectivity index (χ0v) is 15.0. The van der Waals surface area contributed by atoms with Gasteiger partial charge in [0.05, 0.1) is 12.8 Å². The third-order valence-electron chi connectivity index (χ3n) is 5.44. The number of carboxylic acids is 1. The number of nitrogens with zero attached hydrogens (tertiary/aromatic N) is 2. The van der Waals surface area contributed by atoms with Gasteiger partial charge < -0.3 is 19.3 Å². The summed E-state index contributed by atoms with van der Waals surface area (Å²) in [6, 6.07) is 9.78. The normalized spacial score (nSPS) is 24.1. The fourth-order valence-corrected chi connectivity index (χ4v) is 3.85. The van der Waals surface area contributed by atoms with E-state index in [-0.39, 0.29) is 31.7 Å². The van der Waals surface area contributed by atoms with Gasteiger partial charge in [0.1, 0.15) is 6.04 Å². The number of benzene rings is 1. The van der Waals surface area contributed by atoms with E-state index in [1.807, 2.05) is 24.3 Å². The fraction of sp³-hybridized carbons (Fsp3) is 0.350. The third-order valence-corrected chi connectivity index (χ3v) is 5.44. The molecule has 2 unspecified atom stereocenters. The molecule has 1 saturated heterocycles. The van der Waals surface area contributed by atoms with Crippen LogP contribution < -0.4 is 0 Å². The van der Waals surface area contributed by atoms with E-state index >= 15 is 0 Å². The molecule has 1 aromatic heterocycles. The number of likely N-dealkylation sites (tertiary alicyclic amines) is 1. The largest absolute Gasteiger partial charge is 0.479 e. The van der Waals surface area contributed by atoms with E-state index in [1.54, 1.807) is 6.07 Å². The molecule has 3 heterocycles. The molecule has 28 heavy (non-hydrogen) atoms. The summed E-state index contributed by atoms with van der Waals surface area (Å²) < 4.78 is 19.6. The lowest BCUT2D eigenvalue weighted by atomic mass is 9.93. The molecular formula is C20H19FN2O5. The first kappa shape index (κ1) is 18.2. The summed E-state index contributed by atoms with van der Waals surface area (Å²) >= 11 is 0. The Hall–Kier alpha value is -3.16. The Morgan fingerprint density at radius 2 is 1.89 bits per heavy atom. The molecule has 1 N–H and O–H groups in total. The van der Waals surface area contributed by atoms with Gasteiger partial charge in [-0.3, -0.25) is 9.59 Å². The second-order valence-corrected chi connectivity index (χ2v) is 7.18. The summed E-state index contributed by atoms with van der Waals surface area (Å²) in [4.78, 5) is 39.9. The first-order valence-corrected chi connectivity index (χ1v) is 9.01. The number of hydrogen-bond donors (Lipinski definition) is 1. The zero-order chi connectivity index (χ0) is 19.9. The van der Waals surface area contributed by atoms with Gasteiger partial charge in [0.15, 0.2) is 5.76 Å². The van der Waals surface area contributed by atoms with Gasteiger partial charge in [-0.2, -0.15) is 0 Å². The van der Waals surface area contributed by atoms with E-state index in [4.69, 9.17) is 9.52 Å². The van der Waals surface area contributed by atoms with E-state index in [2.05, 4.69) is 0 Å². The van der Waals surface area contributed by atoms with Gasteiger partial charge in [-0.05, 0) is 23.3 Å². The van der Waals surface area contributed by atoms with Crippen molar-refractivity contribution in [3.63, 3.8) is 0 Å². The van der Waals surface area contributed by atoms with Crippen molar-refractivity contribution in [1.82, 2.24) is 9.80 Å². The van der Waals surface area contributed by atoms with Gasteiger partial charge in [0, 0.05) is 25.9 Å². The number of carbonyl (C=O) groups is 3.